The summed E-state index contributed by atoms with van der Waals surface area (Å²) in [6.07, 6.45) is -4.55. The molecule has 1 aromatic carbocycles. The van der Waals surface area contributed by atoms with Crippen molar-refractivity contribution < 1.29 is 31.1 Å². The van der Waals surface area contributed by atoms with E-state index in [9.17, 15) is 31.1 Å². The number of nitrogens with one attached hydrogen (secondary N) is 1. The number of benzene rings is 1. The average Bonchev–Trinajstić information content (AvgIpc) is 3.16. The van der Waals surface area contributed by atoms with Crippen molar-refractivity contribution in [3.63, 3.8) is 0 Å². The maximum Gasteiger partial charge on any atom is 0.417 e. The Morgan fingerprint density at radius 1 is 1.20 bits per heavy atom. The molecule has 1 atom stereocenters. The van der Waals surface area contributed by atoms with E-state index in [1.54, 1.807) is 0 Å². The predicted molar refractivity (Wildman–Crippen MR) is 76.3 cm³/mol. The molecule has 1 amide bonds. The Morgan fingerprint density at radius 3 is 2.40 bits per heavy atom. The van der Waals surface area contributed by atoms with Gasteiger partial charge in [-0.2, -0.15) is 13.2 Å². The van der Waals surface area contributed by atoms with Crippen molar-refractivity contribution >= 4 is 11.6 Å². The smallest absolute Gasteiger partial charge is 0.326 e. The van der Waals surface area contributed by atoms with Gasteiger partial charge in [0.15, 0.2) is 0 Å². The second-order valence-corrected chi connectivity index (χ2v) is 5.63. The summed E-state index contributed by atoms with van der Waals surface area (Å²) in [7, 11) is 0. The van der Waals surface area contributed by atoms with Crippen LogP contribution in [0.2, 0.25) is 0 Å². The molecule has 0 saturated heterocycles. The van der Waals surface area contributed by atoms with Gasteiger partial charge in [0.2, 0.25) is 5.91 Å². The van der Waals surface area contributed by atoms with E-state index >= 15 is 0 Å². The maximum absolute atomic E-state index is 13.2. The van der Waals surface area contributed by atoms with Crippen LogP contribution >= 0.6 is 0 Å². The minimum atomic E-state index is -4.71. The third kappa shape index (κ3) is 3.59. The van der Waals surface area contributed by atoms with Crippen LogP contribution in [-0.4, -0.2) is 16.8 Å². The number of halogens is 6. The third-order valence-electron chi connectivity index (χ3n) is 3.74. The second-order valence-electron chi connectivity index (χ2n) is 5.63. The van der Waals surface area contributed by atoms with E-state index < -0.39 is 47.3 Å². The second kappa shape index (κ2) is 5.75. The maximum atomic E-state index is 13.2. The molecule has 0 spiro atoms. The summed E-state index contributed by atoms with van der Waals surface area (Å²) in [5.41, 5.74) is -1.68. The molecule has 1 aliphatic carbocycles. The van der Waals surface area contributed by atoms with Crippen LogP contribution in [-0.2, 0) is 11.0 Å². The number of hydrogen-bond donors (Lipinski definition) is 1. The molecule has 0 bridgehead atoms. The van der Waals surface area contributed by atoms with Gasteiger partial charge in [0.05, 0.1) is 17.5 Å². The Hall–Kier alpha value is -2.58. The van der Waals surface area contributed by atoms with Gasteiger partial charge in [-0.1, -0.05) is 0 Å². The summed E-state index contributed by atoms with van der Waals surface area (Å²) < 4.78 is 78.2. The van der Waals surface area contributed by atoms with Crippen LogP contribution < -0.4 is 5.32 Å². The van der Waals surface area contributed by atoms with Crippen LogP contribution in [0.4, 0.5) is 32.0 Å². The number of hydrogen-bond acceptors (Lipinski definition) is 2. The van der Waals surface area contributed by atoms with E-state index in [1.165, 1.54) is 0 Å². The summed E-state index contributed by atoms with van der Waals surface area (Å²) in [4.78, 5) is 15.3. The summed E-state index contributed by atoms with van der Waals surface area (Å²) >= 11 is 0. The van der Waals surface area contributed by atoms with Gasteiger partial charge in [-0.15, -0.1) is 0 Å². The lowest BCUT2D eigenvalue weighted by Crippen LogP contribution is -2.18. The molecule has 1 N–H and O–H groups in total. The Kier molecular flexibility index (Phi) is 3.97. The number of pyridine rings is 1. The zero-order valence-corrected chi connectivity index (χ0v) is 12.4. The molecular weight excluding hydrogens is 350 g/mol. The topological polar surface area (TPSA) is 42.0 Å². The molecule has 3 nitrogen and oxygen atoms in total. The van der Waals surface area contributed by atoms with Gasteiger partial charge in [-0.05, 0) is 30.3 Å². The van der Waals surface area contributed by atoms with Gasteiger partial charge in [0.1, 0.15) is 11.7 Å². The quantitative estimate of drug-likeness (QED) is 0.819. The van der Waals surface area contributed by atoms with Crippen molar-refractivity contribution in [3.8, 4) is 11.3 Å². The minimum Gasteiger partial charge on any atom is -0.326 e. The fraction of sp³-hybridized carbons (Fsp3) is 0.250. The molecule has 132 valence electrons. The molecule has 2 aromatic rings. The van der Waals surface area contributed by atoms with Gasteiger partial charge < -0.3 is 5.32 Å². The fourth-order valence-electron chi connectivity index (χ4n) is 2.34. The number of carbonyl (C=O) groups is 1. The Bertz CT molecular complexity index is 816. The van der Waals surface area contributed by atoms with Gasteiger partial charge in [-0.25, -0.2) is 13.2 Å². The number of rotatable bonds is 3. The van der Waals surface area contributed by atoms with E-state index in [4.69, 9.17) is 0 Å². The molecule has 1 saturated carbocycles. The molecular formula is C16H10F6N2O. The van der Waals surface area contributed by atoms with Gasteiger partial charge in [-0.3, -0.25) is 9.78 Å². The lowest BCUT2D eigenvalue weighted by atomic mass is 10.0. The highest BCUT2D eigenvalue weighted by atomic mass is 19.4. The monoisotopic (exact) mass is 360 g/mol. The number of nitrogens with zero attached hydrogens (tertiary/aromatic N) is 1. The van der Waals surface area contributed by atoms with Crippen molar-refractivity contribution in [2.75, 3.05) is 5.32 Å². The van der Waals surface area contributed by atoms with Crippen LogP contribution in [0.15, 0.2) is 36.5 Å². The molecule has 0 aliphatic heterocycles. The highest BCUT2D eigenvalue weighted by Gasteiger charge is 2.61. The SMILES string of the molecule is O=C(Nc1ccc(C(F)(F)F)c(-c2ccc(F)cn2)c1)[C@@H]1CC1(F)F. The van der Waals surface area contributed by atoms with Crippen molar-refractivity contribution in [3.05, 3.63) is 47.9 Å². The molecule has 1 fully saturated rings. The summed E-state index contributed by atoms with van der Waals surface area (Å²) in [5.74, 6) is -6.26. The highest BCUT2D eigenvalue weighted by molar-refractivity contribution is 5.96. The molecule has 3 rings (SSSR count). The first-order valence-electron chi connectivity index (χ1n) is 7.10. The molecule has 1 heterocycles. The van der Waals surface area contributed by atoms with Gasteiger partial charge >= 0.3 is 6.18 Å². The minimum absolute atomic E-state index is 0.0816. The van der Waals surface area contributed by atoms with Crippen molar-refractivity contribution in [2.24, 2.45) is 5.92 Å². The van der Waals surface area contributed by atoms with E-state index in [-0.39, 0.29) is 11.4 Å². The van der Waals surface area contributed by atoms with E-state index in [2.05, 4.69) is 10.3 Å². The molecule has 9 heteroatoms. The highest BCUT2D eigenvalue weighted by Crippen LogP contribution is 2.49. The Morgan fingerprint density at radius 2 is 1.88 bits per heavy atom. The molecule has 1 aliphatic rings. The zero-order chi connectivity index (χ0) is 18.4. The van der Waals surface area contributed by atoms with E-state index in [1.807, 2.05) is 0 Å². The van der Waals surface area contributed by atoms with Crippen molar-refractivity contribution in [2.45, 2.75) is 18.5 Å². The largest absolute Gasteiger partial charge is 0.417 e. The van der Waals surface area contributed by atoms with Crippen LogP contribution in [0.1, 0.15) is 12.0 Å². The Labute approximate surface area is 137 Å². The molecule has 25 heavy (non-hydrogen) atoms. The normalized spacial score (nSPS) is 18.7. The molecule has 0 unspecified atom stereocenters. The molecule has 0 radical (unpaired) electrons. The first-order chi connectivity index (χ1) is 11.6. The number of carbonyl (C=O) groups excluding carboxylic acids is 1. The summed E-state index contributed by atoms with van der Waals surface area (Å²) in [5, 5.41) is 2.17. The first kappa shape index (κ1) is 17.2. The first-order valence-corrected chi connectivity index (χ1v) is 7.10. The van der Waals surface area contributed by atoms with E-state index in [0.717, 1.165) is 30.5 Å². The van der Waals surface area contributed by atoms with Gasteiger partial charge in [0, 0.05) is 17.7 Å². The zero-order valence-electron chi connectivity index (χ0n) is 12.4. The lowest BCUT2D eigenvalue weighted by molar-refractivity contribution is -0.137. The van der Waals surface area contributed by atoms with Crippen molar-refractivity contribution in [1.82, 2.24) is 4.98 Å². The predicted octanol–water partition coefficient (Wildman–Crippen LogP) is 4.50. The van der Waals surface area contributed by atoms with Crippen LogP contribution in [0.25, 0.3) is 11.3 Å². The van der Waals surface area contributed by atoms with Crippen LogP contribution in [0.5, 0.6) is 0 Å². The van der Waals surface area contributed by atoms with Crippen LogP contribution in [0.3, 0.4) is 0 Å². The third-order valence-corrected chi connectivity index (χ3v) is 3.74. The Balaban J connectivity index is 1.96. The number of alkyl halides is 5. The van der Waals surface area contributed by atoms with Gasteiger partial charge in [0.25, 0.3) is 5.92 Å². The average molecular weight is 360 g/mol. The lowest BCUT2D eigenvalue weighted by Gasteiger charge is -2.14. The molecule has 1 aromatic heterocycles. The standard InChI is InChI=1S/C16H10F6N2O/c17-8-1-4-13(23-7-8)10-5-9(2-3-11(10)16(20,21)22)24-14(25)12-6-15(12,18)19/h1-5,7,12H,6H2,(H,24,25)/t12-/m0/s1. The number of anilines is 1. The van der Waals surface area contributed by atoms with Crippen molar-refractivity contribution in [1.29, 1.82) is 0 Å². The fourth-order valence-corrected chi connectivity index (χ4v) is 2.34. The summed E-state index contributed by atoms with van der Waals surface area (Å²) in [6.45, 7) is 0. The number of aromatic nitrogens is 1. The summed E-state index contributed by atoms with van der Waals surface area (Å²) in [6, 6.07) is 4.65. The van der Waals surface area contributed by atoms with E-state index in [0.29, 0.717) is 6.07 Å². The number of amides is 1. The van der Waals surface area contributed by atoms with Crippen LogP contribution in [0, 0.1) is 11.7 Å².